The highest BCUT2D eigenvalue weighted by atomic mass is 16.5. The van der Waals surface area contributed by atoms with E-state index in [2.05, 4.69) is 10.6 Å². The molecule has 1 heterocycles. The number of benzene rings is 1. The average molecular weight is 276 g/mol. The summed E-state index contributed by atoms with van der Waals surface area (Å²) >= 11 is 0. The SMILES string of the molecule is CCOC1CC(NCc2ccc3c(c2)NC(=O)CO3)C1. The highest BCUT2D eigenvalue weighted by molar-refractivity contribution is 5.95. The molecule has 0 atom stereocenters. The number of carbonyl (C=O) groups excluding carboxylic acids is 1. The van der Waals surface area contributed by atoms with E-state index < -0.39 is 0 Å². The van der Waals surface area contributed by atoms with Gasteiger partial charge < -0.3 is 20.1 Å². The van der Waals surface area contributed by atoms with Crippen molar-refractivity contribution in [2.24, 2.45) is 0 Å². The predicted molar refractivity (Wildman–Crippen MR) is 75.8 cm³/mol. The maximum atomic E-state index is 11.3. The molecule has 108 valence electrons. The topological polar surface area (TPSA) is 59.6 Å². The lowest BCUT2D eigenvalue weighted by molar-refractivity contribution is -0.118. The molecule has 3 rings (SSSR count). The minimum Gasteiger partial charge on any atom is -0.482 e. The van der Waals surface area contributed by atoms with Crippen molar-refractivity contribution >= 4 is 11.6 Å². The van der Waals surface area contributed by atoms with E-state index in [4.69, 9.17) is 9.47 Å². The van der Waals surface area contributed by atoms with Crippen LogP contribution in [0.2, 0.25) is 0 Å². The first kappa shape index (κ1) is 13.4. The second-order valence-corrected chi connectivity index (χ2v) is 5.29. The van der Waals surface area contributed by atoms with Crippen LogP contribution in [0.4, 0.5) is 5.69 Å². The van der Waals surface area contributed by atoms with Crippen LogP contribution < -0.4 is 15.4 Å². The number of carbonyl (C=O) groups is 1. The van der Waals surface area contributed by atoms with Crippen molar-refractivity contribution in [2.45, 2.75) is 38.5 Å². The molecular formula is C15H20N2O3. The van der Waals surface area contributed by atoms with Crippen molar-refractivity contribution in [2.75, 3.05) is 18.5 Å². The normalized spacial score (nSPS) is 24.4. The van der Waals surface area contributed by atoms with Crippen molar-refractivity contribution in [3.8, 4) is 5.75 Å². The van der Waals surface area contributed by atoms with Gasteiger partial charge in [0, 0.05) is 19.2 Å². The Balaban J connectivity index is 1.51. The van der Waals surface area contributed by atoms with Crippen LogP contribution in [0.25, 0.3) is 0 Å². The summed E-state index contributed by atoms with van der Waals surface area (Å²) in [5.41, 5.74) is 1.91. The van der Waals surface area contributed by atoms with Crippen LogP contribution in [0.3, 0.4) is 0 Å². The average Bonchev–Trinajstić information content (AvgIpc) is 2.40. The molecule has 1 aliphatic heterocycles. The molecule has 1 aromatic rings. The standard InChI is InChI=1S/C15H20N2O3/c1-2-19-12-6-11(7-12)16-8-10-3-4-14-13(5-10)17-15(18)9-20-14/h3-5,11-12,16H,2,6-9H2,1H3,(H,17,18). The van der Waals surface area contributed by atoms with Gasteiger partial charge in [0.2, 0.25) is 0 Å². The molecule has 5 heteroatoms. The summed E-state index contributed by atoms with van der Waals surface area (Å²) < 4.78 is 10.9. The van der Waals surface area contributed by atoms with Crippen LogP contribution >= 0.6 is 0 Å². The third-order valence-corrected chi connectivity index (χ3v) is 3.77. The lowest BCUT2D eigenvalue weighted by atomic mass is 9.89. The van der Waals surface area contributed by atoms with Crippen LogP contribution in [0.15, 0.2) is 18.2 Å². The van der Waals surface area contributed by atoms with Gasteiger partial charge in [-0.2, -0.15) is 0 Å². The maximum Gasteiger partial charge on any atom is 0.262 e. The van der Waals surface area contributed by atoms with Crippen molar-refractivity contribution in [3.63, 3.8) is 0 Å². The largest absolute Gasteiger partial charge is 0.482 e. The Morgan fingerprint density at radius 2 is 2.30 bits per heavy atom. The van der Waals surface area contributed by atoms with Crippen molar-refractivity contribution in [1.29, 1.82) is 0 Å². The number of hydrogen-bond acceptors (Lipinski definition) is 4. The fraction of sp³-hybridized carbons (Fsp3) is 0.533. The smallest absolute Gasteiger partial charge is 0.262 e. The van der Waals surface area contributed by atoms with Crippen molar-refractivity contribution < 1.29 is 14.3 Å². The Labute approximate surface area is 118 Å². The Morgan fingerprint density at radius 3 is 3.10 bits per heavy atom. The molecular weight excluding hydrogens is 256 g/mol. The molecule has 1 fully saturated rings. The number of anilines is 1. The van der Waals surface area contributed by atoms with E-state index in [-0.39, 0.29) is 12.5 Å². The second-order valence-electron chi connectivity index (χ2n) is 5.29. The van der Waals surface area contributed by atoms with Crippen molar-refractivity contribution in [1.82, 2.24) is 5.32 Å². The predicted octanol–water partition coefficient (Wildman–Crippen LogP) is 1.67. The Hall–Kier alpha value is -1.59. The van der Waals surface area contributed by atoms with Gasteiger partial charge in [-0.3, -0.25) is 4.79 Å². The summed E-state index contributed by atoms with van der Waals surface area (Å²) in [6.07, 6.45) is 2.59. The zero-order valence-electron chi connectivity index (χ0n) is 11.6. The Kier molecular flexibility index (Phi) is 3.89. The number of ether oxygens (including phenoxy) is 2. The summed E-state index contributed by atoms with van der Waals surface area (Å²) in [4.78, 5) is 11.3. The number of rotatable bonds is 5. The lowest BCUT2D eigenvalue weighted by Crippen LogP contribution is -2.45. The molecule has 0 aromatic heterocycles. The quantitative estimate of drug-likeness (QED) is 0.859. The van der Waals surface area contributed by atoms with Gasteiger partial charge in [-0.25, -0.2) is 0 Å². The van der Waals surface area contributed by atoms with Gasteiger partial charge in [0.15, 0.2) is 6.61 Å². The molecule has 1 aliphatic carbocycles. The summed E-state index contributed by atoms with van der Waals surface area (Å²) in [5.74, 6) is 0.648. The van der Waals surface area contributed by atoms with Gasteiger partial charge in [0.25, 0.3) is 5.91 Å². The van der Waals surface area contributed by atoms with Gasteiger partial charge in [0.1, 0.15) is 5.75 Å². The summed E-state index contributed by atoms with van der Waals surface area (Å²) in [7, 11) is 0. The lowest BCUT2D eigenvalue weighted by Gasteiger charge is -2.35. The van der Waals surface area contributed by atoms with Gasteiger partial charge >= 0.3 is 0 Å². The fourth-order valence-corrected chi connectivity index (χ4v) is 2.61. The highest BCUT2D eigenvalue weighted by Crippen LogP contribution is 2.29. The third-order valence-electron chi connectivity index (χ3n) is 3.77. The Morgan fingerprint density at radius 1 is 1.45 bits per heavy atom. The van der Waals surface area contributed by atoms with Gasteiger partial charge in [-0.15, -0.1) is 0 Å². The van der Waals surface area contributed by atoms with E-state index in [1.165, 1.54) is 0 Å². The number of nitrogens with one attached hydrogen (secondary N) is 2. The molecule has 0 saturated heterocycles. The van der Waals surface area contributed by atoms with Gasteiger partial charge in [-0.1, -0.05) is 6.07 Å². The van der Waals surface area contributed by atoms with Gasteiger partial charge in [0.05, 0.1) is 11.8 Å². The summed E-state index contributed by atoms with van der Waals surface area (Å²) in [6.45, 7) is 3.73. The number of hydrogen-bond donors (Lipinski definition) is 2. The minimum atomic E-state index is -0.0961. The molecule has 0 bridgehead atoms. The molecule has 20 heavy (non-hydrogen) atoms. The minimum absolute atomic E-state index is 0.0961. The van der Waals surface area contributed by atoms with Crippen molar-refractivity contribution in [3.05, 3.63) is 23.8 Å². The maximum absolute atomic E-state index is 11.3. The van der Waals surface area contributed by atoms with E-state index in [0.29, 0.717) is 12.1 Å². The number of fused-ring (bicyclic) bond motifs is 1. The molecule has 0 spiro atoms. The monoisotopic (exact) mass is 276 g/mol. The van der Waals surface area contributed by atoms with E-state index in [1.807, 2.05) is 25.1 Å². The molecule has 1 saturated carbocycles. The zero-order chi connectivity index (χ0) is 13.9. The third kappa shape index (κ3) is 2.94. The molecule has 1 aromatic carbocycles. The molecule has 0 unspecified atom stereocenters. The van der Waals surface area contributed by atoms with Crippen LogP contribution in [0.5, 0.6) is 5.75 Å². The zero-order valence-corrected chi connectivity index (χ0v) is 11.6. The molecule has 5 nitrogen and oxygen atoms in total. The second kappa shape index (κ2) is 5.81. The van der Waals surface area contributed by atoms with Crippen LogP contribution in [-0.2, 0) is 16.1 Å². The van der Waals surface area contributed by atoms with Crippen LogP contribution in [0.1, 0.15) is 25.3 Å². The summed E-state index contributed by atoms with van der Waals surface area (Å²) in [6, 6.07) is 6.45. The Bertz CT molecular complexity index is 498. The first-order valence-corrected chi connectivity index (χ1v) is 7.15. The molecule has 2 aliphatic rings. The van der Waals surface area contributed by atoms with Crippen LogP contribution in [-0.4, -0.2) is 31.3 Å². The number of amides is 1. The van der Waals surface area contributed by atoms with Gasteiger partial charge in [-0.05, 0) is 37.5 Å². The van der Waals surface area contributed by atoms with E-state index in [9.17, 15) is 4.79 Å². The van der Waals surface area contributed by atoms with E-state index in [0.717, 1.165) is 43.0 Å². The van der Waals surface area contributed by atoms with E-state index >= 15 is 0 Å². The highest BCUT2D eigenvalue weighted by Gasteiger charge is 2.28. The van der Waals surface area contributed by atoms with Crippen LogP contribution in [0, 0.1) is 0 Å². The first-order chi connectivity index (χ1) is 9.74. The van der Waals surface area contributed by atoms with E-state index in [1.54, 1.807) is 0 Å². The molecule has 0 radical (unpaired) electrons. The first-order valence-electron chi connectivity index (χ1n) is 7.15. The molecule has 1 amide bonds. The summed E-state index contributed by atoms with van der Waals surface area (Å²) in [5, 5.41) is 6.34. The molecule has 2 N–H and O–H groups in total. The fourth-order valence-electron chi connectivity index (χ4n) is 2.61.